The third-order valence-corrected chi connectivity index (χ3v) is 2.10. The SMILES string of the molecule is C#CC(=O)c1cc(Cl)c(N)c(Cl)c1. The molecule has 0 aliphatic heterocycles. The van der Waals surface area contributed by atoms with Gasteiger partial charge in [0.2, 0.25) is 5.78 Å². The summed E-state index contributed by atoms with van der Waals surface area (Å²) in [6.45, 7) is 0. The molecule has 0 aliphatic carbocycles. The molecule has 0 amide bonds. The maximum Gasteiger partial charge on any atom is 0.235 e. The molecule has 0 unspecified atom stereocenters. The van der Waals surface area contributed by atoms with Crippen molar-refractivity contribution in [1.82, 2.24) is 0 Å². The summed E-state index contributed by atoms with van der Waals surface area (Å²) in [5.41, 5.74) is 5.98. The van der Waals surface area contributed by atoms with E-state index in [1.165, 1.54) is 12.1 Å². The van der Waals surface area contributed by atoms with E-state index in [9.17, 15) is 4.79 Å². The third-order valence-electron chi connectivity index (χ3n) is 1.47. The van der Waals surface area contributed by atoms with Crippen LogP contribution in [-0.4, -0.2) is 5.78 Å². The van der Waals surface area contributed by atoms with E-state index in [2.05, 4.69) is 0 Å². The summed E-state index contributed by atoms with van der Waals surface area (Å²) in [5.74, 6) is 1.49. The second kappa shape index (κ2) is 3.69. The van der Waals surface area contributed by atoms with Gasteiger partial charge in [0, 0.05) is 5.56 Å². The van der Waals surface area contributed by atoms with Gasteiger partial charge in [-0.2, -0.15) is 0 Å². The molecule has 4 heteroatoms. The average Bonchev–Trinajstić information content (AvgIpc) is 2.12. The van der Waals surface area contributed by atoms with Crippen LogP contribution in [0, 0.1) is 12.3 Å². The van der Waals surface area contributed by atoms with Gasteiger partial charge in [0.15, 0.2) is 0 Å². The molecule has 1 aromatic rings. The van der Waals surface area contributed by atoms with Crippen molar-refractivity contribution in [2.75, 3.05) is 5.73 Å². The van der Waals surface area contributed by atoms with Gasteiger partial charge in [-0.15, -0.1) is 6.42 Å². The molecule has 1 rings (SSSR count). The Balaban J connectivity index is 3.30. The van der Waals surface area contributed by atoms with Gasteiger partial charge in [-0.3, -0.25) is 4.79 Å². The summed E-state index contributed by atoms with van der Waals surface area (Å²) >= 11 is 11.4. The van der Waals surface area contributed by atoms with Crippen molar-refractivity contribution in [3.8, 4) is 12.3 Å². The Morgan fingerprint density at radius 3 is 2.23 bits per heavy atom. The lowest BCUT2D eigenvalue weighted by Crippen LogP contribution is -1.97. The average molecular weight is 214 g/mol. The minimum absolute atomic E-state index is 0.228. The fourth-order valence-corrected chi connectivity index (χ4v) is 1.29. The topological polar surface area (TPSA) is 43.1 Å². The molecule has 0 fully saturated rings. The van der Waals surface area contributed by atoms with E-state index >= 15 is 0 Å². The monoisotopic (exact) mass is 213 g/mol. The Morgan fingerprint density at radius 1 is 1.38 bits per heavy atom. The summed E-state index contributed by atoms with van der Waals surface area (Å²) in [4.78, 5) is 11.0. The highest BCUT2D eigenvalue weighted by molar-refractivity contribution is 6.39. The highest BCUT2D eigenvalue weighted by Crippen LogP contribution is 2.28. The van der Waals surface area contributed by atoms with Crippen molar-refractivity contribution < 1.29 is 4.79 Å². The molecule has 1 aromatic carbocycles. The number of rotatable bonds is 1. The van der Waals surface area contributed by atoms with E-state index in [4.69, 9.17) is 35.4 Å². The van der Waals surface area contributed by atoms with E-state index in [0.717, 1.165) is 0 Å². The molecule has 2 N–H and O–H groups in total. The third kappa shape index (κ3) is 1.95. The van der Waals surface area contributed by atoms with E-state index in [1.54, 1.807) is 0 Å². The van der Waals surface area contributed by atoms with Gasteiger partial charge in [-0.05, 0) is 18.1 Å². The number of anilines is 1. The van der Waals surface area contributed by atoms with Gasteiger partial charge < -0.3 is 5.73 Å². The summed E-state index contributed by atoms with van der Waals surface area (Å²) in [7, 11) is 0. The zero-order valence-corrected chi connectivity index (χ0v) is 7.99. The number of Topliss-reactive ketones (excluding diaryl/α,β-unsaturated/α-hetero) is 1. The second-order valence-corrected chi connectivity index (χ2v) is 3.14. The quantitative estimate of drug-likeness (QED) is 0.337. The van der Waals surface area contributed by atoms with E-state index in [-0.39, 0.29) is 21.3 Å². The van der Waals surface area contributed by atoms with Crippen molar-refractivity contribution in [1.29, 1.82) is 0 Å². The Labute approximate surface area is 85.6 Å². The molecule has 2 nitrogen and oxygen atoms in total. The van der Waals surface area contributed by atoms with Crippen LogP contribution in [0.3, 0.4) is 0 Å². The smallest absolute Gasteiger partial charge is 0.235 e. The molecule has 66 valence electrons. The first kappa shape index (κ1) is 9.91. The number of benzene rings is 1. The van der Waals surface area contributed by atoms with Crippen LogP contribution in [0.2, 0.25) is 10.0 Å². The Morgan fingerprint density at radius 2 is 1.85 bits per heavy atom. The first-order chi connectivity index (χ1) is 6.06. The van der Waals surface area contributed by atoms with Crippen molar-refractivity contribution in [2.24, 2.45) is 0 Å². The van der Waals surface area contributed by atoms with Crippen LogP contribution in [0.15, 0.2) is 12.1 Å². The lowest BCUT2D eigenvalue weighted by Gasteiger charge is -2.02. The number of halogens is 2. The van der Waals surface area contributed by atoms with Crippen LogP contribution in [0.25, 0.3) is 0 Å². The molecule has 0 aromatic heterocycles. The van der Waals surface area contributed by atoms with Gasteiger partial charge >= 0.3 is 0 Å². The van der Waals surface area contributed by atoms with Gasteiger partial charge in [0.1, 0.15) is 0 Å². The number of carbonyl (C=O) groups excluding carboxylic acids is 1. The molecule has 0 saturated heterocycles. The fraction of sp³-hybridized carbons (Fsp3) is 0. The molecule has 0 aliphatic rings. The first-order valence-electron chi connectivity index (χ1n) is 3.31. The Hall–Kier alpha value is -1.17. The maximum atomic E-state index is 11.0. The lowest BCUT2D eigenvalue weighted by atomic mass is 10.1. The van der Waals surface area contributed by atoms with Crippen LogP contribution in [-0.2, 0) is 0 Å². The summed E-state index contributed by atoms with van der Waals surface area (Å²) < 4.78 is 0. The first-order valence-corrected chi connectivity index (χ1v) is 4.07. The number of hydrogen-bond acceptors (Lipinski definition) is 2. The summed E-state index contributed by atoms with van der Waals surface area (Å²) in [6.07, 6.45) is 4.93. The van der Waals surface area contributed by atoms with Crippen molar-refractivity contribution in [3.05, 3.63) is 27.7 Å². The zero-order chi connectivity index (χ0) is 10.0. The van der Waals surface area contributed by atoms with Gasteiger partial charge in [0.25, 0.3) is 0 Å². The number of hydrogen-bond donors (Lipinski definition) is 1. The molecule has 0 saturated carbocycles. The Bertz CT molecular complexity index is 384. The van der Waals surface area contributed by atoms with E-state index < -0.39 is 5.78 Å². The molecule has 0 atom stereocenters. The lowest BCUT2D eigenvalue weighted by molar-refractivity contribution is 0.105. The van der Waals surface area contributed by atoms with Crippen LogP contribution >= 0.6 is 23.2 Å². The Kier molecular flexibility index (Phi) is 2.82. The number of carbonyl (C=O) groups is 1. The number of nitrogen functional groups attached to an aromatic ring is 1. The minimum Gasteiger partial charge on any atom is -0.396 e. The van der Waals surface area contributed by atoms with Gasteiger partial charge in [0.05, 0.1) is 15.7 Å². The molecular formula is C9H5Cl2NO. The number of terminal acetylenes is 1. The van der Waals surface area contributed by atoms with Crippen molar-refractivity contribution >= 4 is 34.7 Å². The maximum absolute atomic E-state index is 11.0. The summed E-state index contributed by atoms with van der Waals surface area (Å²) in [5, 5.41) is 0.456. The molecule has 0 heterocycles. The van der Waals surface area contributed by atoms with Crippen LogP contribution in [0.4, 0.5) is 5.69 Å². The van der Waals surface area contributed by atoms with Crippen molar-refractivity contribution in [3.63, 3.8) is 0 Å². The second-order valence-electron chi connectivity index (χ2n) is 2.33. The van der Waals surface area contributed by atoms with Crippen LogP contribution in [0.5, 0.6) is 0 Å². The van der Waals surface area contributed by atoms with Gasteiger partial charge in [-0.25, -0.2) is 0 Å². The van der Waals surface area contributed by atoms with Crippen molar-refractivity contribution in [2.45, 2.75) is 0 Å². The highest BCUT2D eigenvalue weighted by Gasteiger charge is 2.08. The molecular weight excluding hydrogens is 209 g/mol. The number of nitrogens with two attached hydrogens (primary N) is 1. The molecule has 0 bridgehead atoms. The standard InChI is InChI=1S/C9H5Cl2NO/c1-2-8(13)5-3-6(10)9(12)7(11)4-5/h1,3-4H,12H2. The van der Waals surface area contributed by atoms with E-state index in [0.29, 0.717) is 0 Å². The summed E-state index contributed by atoms with van der Waals surface area (Å²) in [6, 6.07) is 2.79. The molecule has 0 radical (unpaired) electrons. The molecule has 13 heavy (non-hydrogen) atoms. The van der Waals surface area contributed by atoms with Gasteiger partial charge in [-0.1, -0.05) is 23.2 Å². The fourth-order valence-electron chi connectivity index (χ4n) is 0.799. The van der Waals surface area contributed by atoms with Crippen LogP contribution in [0.1, 0.15) is 10.4 Å². The minimum atomic E-state index is -0.469. The normalized spacial score (nSPS) is 9.31. The molecule has 0 spiro atoms. The predicted octanol–water partition coefficient (Wildman–Crippen LogP) is 2.39. The van der Waals surface area contributed by atoms with E-state index in [1.807, 2.05) is 5.92 Å². The predicted molar refractivity (Wildman–Crippen MR) is 54.0 cm³/mol. The largest absolute Gasteiger partial charge is 0.396 e. The highest BCUT2D eigenvalue weighted by atomic mass is 35.5. The number of ketones is 1. The zero-order valence-electron chi connectivity index (χ0n) is 6.47. The van der Waals surface area contributed by atoms with Crippen LogP contribution < -0.4 is 5.73 Å².